The molecule has 0 aromatic heterocycles. The third kappa shape index (κ3) is 7.12. The Hall–Kier alpha value is -1.90. The summed E-state index contributed by atoms with van der Waals surface area (Å²) >= 11 is 5.52. The molecule has 0 amide bonds. The number of carbonyl (C=O) groups excluding carboxylic acids is 1. The van der Waals surface area contributed by atoms with Crippen molar-refractivity contribution in [2.24, 2.45) is 0 Å². The van der Waals surface area contributed by atoms with Crippen molar-refractivity contribution in [3.8, 4) is 0 Å². The Balaban J connectivity index is 0.00000123. The van der Waals surface area contributed by atoms with Crippen molar-refractivity contribution in [3.63, 3.8) is 0 Å². The van der Waals surface area contributed by atoms with E-state index in [1.807, 2.05) is 18.2 Å². The van der Waals surface area contributed by atoms with Crippen molar-refractivity contribution >= 4 is 16.8 Å². The van der Waals surface area contributed by atoms with E-state index in [1.165, 1.54) is 23.1 Å². The number of rotatable bonds is 5. The van der Waals surface area contributed by atoms with Gasteiger partial charge in [-0.25, -0.2) is 0 Å². The molecular formula is C21H27ClO2. The van der Waals surface area contributed by atoms with E-state index in [0.29, 0.717) is 5.56 Å². The van der Waals surface area contributed by atoms with Gasteiger partial charge in [0.15, 0.2) is 0 Å². The lowest BCUT2D eigenvalue weighted by atomic mass is 9.97. The Morgan fingerprint density at radius 1 is 1.08 bits per heavy atom. The number of aliphatic hydroxyl groups is 1. The molecule has 0 saturated carbocycles. The molecule has 1 N–H and O–H groups in total. The van der Waals surface area contributed by atoms with Gasteiger partial charge < -0.3 is 5.11 Å². The fourth-order valence-electron chi connectivity index (χ4n) is 2.46. The van der Waals surface area contributed by atoms with E-state index in [2.05, 4.69) is 45.2 Å². The second-order valence-electron chi connectivity index (χ2n) is 5.16. The smallest absolute Gasteiger partial charge is 0.252 e. The SMILES string of the molecule is C=C.CCCc1ccc(Cc2cccc(C(=O)Cl)c2)cc1C.CO. The third-order valence-electron chi connectivity index (χ3n) is 3.49. The van der Waals surface area contributed by atoms with Crippen LogP contribution in [-0.2, 0) is 12.8 Å². The van der Waals surface area contributed by atoms with Crippen LogP contribution < -0.4 is 0 Å². The summed E-state index contributed by atoms with van der Waals surface area (Å²) in [6.07, 6.45) is 3.12. The van der Waals surface area contributed by atoms with Crippen LogP contribution in [0.1, 0.15) is 46.0 Å². The molecule has 2 aromatic rings. The number of aryl methyl sites for hydroxylation is 2. The molecule has 130 valence electrons. The van der Waals surface area contributed by atoms with E-state index in [1.54, 1.807) is 6.07 Å². The molecule has 0 atom stereocenters. The lowest BCUT2D eigenvalue weighted by Gasteiger charge is -2.08. The maximum absolute atomic E-state index is 11.2. The zero-order valence-corrected chi connectivity index (χ0v) is 15.6. The standard InChI is InChI=1S/C18H19ClO.C2H4.CH4O/c1-3-5-16-9-8-15(10-13(16)2)11-14-6-4-7-17(12-14)18(19)20;2*1-2/h4,6-10,12H,3,5,11H2,1-2H3;1-2H2;2H,1H3. The van der Waals surface area contributed by atoms with Gasteiger partial charge in [-0.1, -0.05) is 49.7 Å². The average Bonchev–Trinajstić information content (AvgIpc) is 2.61. The molecule has 24 heavy (non-hydrogen) atoms. The molecule has 2 nitrogen and oxygen atoms in total. The Labute approximate surface area is 150 Å². The van der Waals surface area contributed by atoms with Crippen molar-refractivity contribution in [1.29, 1.82) is 0 Å². The highest BCUT2D eigenvalue weighted by Gasteiger charge is 2.04. The van der Waals surface area contributed by atoms with Gasteiger partial charge in [0.25, 0.3) is 5.24 Å². The van der Waals surface area contributed by atoms with Crippen LogP contribution >= 0.6 is 11.6 Å². The van der Waals surface area contributed by atoms with Gasteiger partial charge in [0, 0.05) is 12.7 Å². The van der Waals surface area contributed by atoms with Crippen LogP contribution in [0.25, 0.3) is 0 Å². The minimum Gasteiger partial charge on any atom is -0.400 e. The minimum atomic E-state index is -0.402. The van der Waals surface area contributed by atoms with Crippen LogP contribution in [0, 0.1) is 6.92 Å². The van der Waals surface area contributed by atoms with Crippen molar-refractivity contribution in [2.75, 3.05) is 7.11 Å². The summed E-state index contributed by atoms with van der Waals surface area (Å²) < 4.78 is 0. The molecular weight excluding hydrogens is 320 g/mol. The first-order valence-corrected chi connectivity index (χ1v) is 8.30. The summed E-state index contributed by atoms with van der Waals surface area (Å²) in [7, 11) is 1.00. The molecule has 0 bridgehead atoms. The van der Waals surface area contributed by atoms with Crippen LogP contribution in [-0.4, -0.2) is 17.5 Å². The fraction of sp³-hybridized carbons (Fsp3) is 0.286. The highest BCUT2D eigenvalue weighted by molar-refractivity contribution is 6.67. The lowest BCUT2D eigenvalue weighted by molar-refractivity contribution is 0.108. The van der Waals surface area contributed by atoms with E-state index in [0.717, 1.165) is 25.5 Å². The van der Waals surface area contributed by atoms with Gasteiger partial charge in [-0.15, -0.1) is 13.2 Å². The molecule has 0 aliphatic rings. The van der Waals surface area contributed by atoms with Gasteiger partial charge >= 0.3 is 0 Å². The monoisotopic (exact) mass is 346 g/mol. The number of carbonyl (C=O) groups is 1. The van der Waals surface area contributed by atoms with E-state index >= 15 is 0 Å². The van der Waals surface area contributed by atoms with Crippen molar-refractivity contribution in [1.82, 2.24) is 0 Å². The molecule has 2 rings (SSSR count). The van der Waals surface area contributed by atoms with E-state index in [-0.39, 0.29) is 0 Å². The van der Waals surface area contributed by atoms with Crippen LogP contribution in [0.3, 0.4) is 0 Å². The predicted octanol–water partition coefficient (Wildman–Crippen LogP) is 5.33. The third-order valence-corrected chi connectivity index (χ3v) is 3.71. The second-order valence-corrected chi connectivity index (χ2v) is 5.50. The molecule has 0 aliphatic carbocycles. The first kappa shape index (κ1) is 22.1. The highest BCUT2D eigenvalue weighted by atomic mass is 35.5. The Kier molecular flexibility index (Phi) is 11.5. The summed E-state index contributed by atoms with van der Waals surface area (Å²) in [5.74, 6) is 0. The molecule has 0 unspecified atom stereocenters. The van der Waals surface area contributed by atoms with Crippen molar-refractivity contribution in [3.05, 3.63) is 83.4 Å². The number of hydrogen-bond acceptors (Lipinski definition) is 2. The van der Waals surface area contributed by atoms with Crippen LogP contribution in [0.15, 0.2) is 55.6 Å². The van der Waals surface area contributed by atoms with E-state index in [9.17, 15) is 4.79 Å². The zero-order valence-electron chi connectivity index (χ0n) is 14.8. The first-order chi connectivity index (χ1) is 11.6. The summed E-state index contributed by atoms with van der Waals surface area (Å²) in [4.78, 5) is 11.2. The van der Waals surface area contributed by atoms with Gasteiger partial charge in [0.05, 0.1) is 0 Å². The molecule has 0 heterocycles. The molecule has 3 heteroatoms. The molecule has 0 saturated heterocycles. The van der Waals surface area contributed by atoms with Gasteiger partial charge in [0.1, 0.15) is 0 Å². The number of halogens is 1. The van der Waals surface area contributed by atoms with Crippen molar-refractivity contribution in [2.45, 2.75) is 33.1 Å². The highest BCUT2D eigenvalue weighted by Crippen LogP contribution is 2.17. The van der Waals surface area contributed by atoms with Crippen LogP contribution in [0.5, 0.6) is 0 Å². The molecule has 0 spiro atoms. The Bertz CT molecular complexity index is 635. The zero-order chi connectivity index (χ0) is 18.5. The topological polar surface area (TPSA) is 37.3 Å². The predicted molar refractivity (Wildman–Crippen MR) is 104 cm³/mol. The maximum atomic E-state index is 11.2. The van der Waals surface area contributed by atoms with E-state index in [4.69, 9.17) is 16.7 Å². The lowest BCUT2D eigenvalue weighted by Crippen LogP contribution is -1.95. The summed E-state index contributed by atoms with van der Waals surface area (Å²) in [6.45, 7) is 10.4. The summed E-state index contributed by atoms with van der Waals surface area (Å²) in [6, 6.07) is 14.1. The number of hydrogen-bond donors (Lipinski definition) is 1. The fourth-order valence-corrected chi connectivity index (χ4v) is 2.57. The largest absolute Gasteiger partial charge is 0.400 e. The Morgan fingerprint density at radius 3 is 2.25 bits per heavy atom. The van der Waals surface area contributed by atoms with Crippen LogP contribution in [0.4, 0.5) is 0 Å². The van der Waals surface area contributed by atoms with Gasteiger partial charge in [-0.05, 0) is 59.7 Å². The summed E-state index contributed by atoms with van der Waals surface area (Å²) in [5, 5.41) is 6.60. The quantitative estimate of drug-likeness (QED) is 0.587. The van der Waals surface area contributed by atoms with Gasteiger partial charge in [0.2, 0.25) is 0 Å². The molecule has 0 radical (unpaired) electrons. The van der Waals surface area contributed by atoms with Crippen molar-refractivity contribution < 1.29 is 9.90 Å². The van der Waals surface area contributed by atoms with Gasteiger partial charge in [-0.3, -0.25) is 4.79 Å². The summed E-state index contributed by atoms with van der Waals surface area (Å²) in [5.41, 5.74) is 5.69. The first-order valence-electron chi connectivity index (χ1n) is 7.92. The Morgan fingerprint density at radius 2 is 1.71 bits per heavy atom. The molecule has 0 fully saturated rings. The normalized spacial score (nSPS) is 9.21. The average molecular weight is 347 g/mol. The van der Waals surface area contributed by atoms with Crippen LogP contribution in [0.2, 0.25) is 0 Å². The molecule has 2 aromatic carbocycles. The minimum absolute atomic E-state index is 0.402. The number of benzene rings is 2. The number of aliphatic hydroxyl groups excluding tert-OH is 1. The maximum Gasteiger partial charge on any atom is 0.252 e. The molecule has 0 aliphatic heterocycles. The van der Waals surface area contributed by atoms with Gasteiger partial charge in [-0.2, -0.15) is 0 Å². The second kappa shape index (κ2) is 12.5. The van der Waals surface area contributed by atoms with E-state index < -0.39 is 5.24 Å².